The maximum Gasteiger partial charge on any atom is 0.0547 e. The van der Waals surface area contributed by atoms with Gasteiger partial charge in [0.25, 0.3) is 0 Å². The minimum atomic E-state index is -0.0586. The molecule has 0 aliphatic heterocycles. The van der Waals surface area contributed by atoms with Crippen LogP contribution in [0.1, 0.15) is 74.9 Å². The summed E-state index contributed by atoms with van der Waals surface area (Å²) in [7, 11) is 0. The summed E-state index contributed by atoms with van der Waals surface area (Å²) in [4.78, 5) is 0. The predicted molar refractivity (Wildman–Crippen MR) is 594 cm³/mol. The first-order chi connectivity index (χ1) is 69.2. The molecule has 0 radical (unpaired) electrons. The molecular weight excluding hydrogens is 1710 g/mol. The van der Waals surface area contributed by atoms with Crippen molar-refractivity contribution in [1.82, 2.24) is 27.4 Å². The molecule has 30 rings (SSSR count). The average Bonchev–Trinajstić information content (AvgIpc) is 1.52. The fraction of sp³-hybridized carbons (Fsp3) is 0.0667. The van der Waals surface area contributed by atoms with Gasteiger partial charge in [-0.3, -0.25) is 0 Å². The van der Waals surface area contributed by atoms with Crippen molar-refractivity contribution in [1.29, 1.82) is 0 Å². The monoisotopic (exact) mass is 1800 g/mol. The van der Waals surface area contributed by atoms with Crippen LogP contribution in [-0.4, -0.2) is 27.4 Å². The maximum atomic E-state index is 2.48. The Kier molecular flexibility index (Phi) is 18.1. The number of para-hydroxylation sites is 9. The van der Waals surface area contributed by atoms with Gasteiger partial charge >= 0.3 is 0 Å². The molecular formula is C135H96N6. The first-order valence-electron chi connectivity index (χ1n) is 49.4. The van der Waals surface area contributed by atoms with Crippen molar-refractivity contribution in [2.24, 2.45) is 0 Å². The van der Waals surface area contributed by atoms with Crippen LogP contribution in [0, 0.1) is 0 Å². The molecule has 0 amide bonds. The summed E-state index contributed by atoms with van der Waals surface area (Å²) in [5.74, 6) is 0. The second-order valence-electron chi connectivity index (χ2n) is 40.2. The van der Waals surface area contributed by atoms with E-state index in [2.05, 4.69) is 542 Å². The van der Waals surface area contributed by atoms with E-state index in [-0.39, 0.29) is 16.2 Å². The summed E-state index contributed by atoms with van der Waals surface area (Å²) < 4.78 is 14.5. The first kappa shape index (κ1) is 81.7. The van der Waals surface area contributed by atoms with E-state index in [4.69, 9.17) is 0 Å². The minimum Gasteiger partial charge on any atom is -0.309 e. The first-order valence-corrected chi connectivity index (χ1v) is 49.4. The van der Waals surface area contributed by atoms with Gasteiger partial charge in [-0.2, -0.15) is 0 Å². The smallest absolute Gasteiger partial charge is 0.0547 e. The van der Waals surface area contributed by atoms with Gasteiger partial charge in [-0.15, -0.1) is 0 Å². The Labute approximate surface area is 817 Å². The van der Waals surface area contributed by atoms with Gasteiger partial charge < -0.3 is 27.4 Å². The van der Waals surface area contributed by atoms with Crippen LogP contribution in [0.3, 0.4) is 0 Å². The van der Waals surface area contributed by atoms with Gasteiger partial charge in [-0.25, -0.2) is 0 Å². The van der Waals surface area contributed by atoms with Crippen LogP contribution >= 0.6 is 0 Å². The molecule has 3 aliphatic rings. The van der Waals surface area contributed by atoms with Crippen LogP contribution in [0.15, 0.2) is 473 Å². The molecule has 0 atom stereocenters. The molecule has 6 aromatic heterocycles. The highest BCUT2D eigenvalue weighted by molar-refractivity contribution is 6.21. The predicted octanol–water partition coefficient (Wildman–Crippen LogP) is 35.6. The molecule has 0 spiro atoms. The van der Waals surface area contributed by atoms with Crippen LogP contribution < -0.4 is 0 Å². The second kappa shape index (κ2) is 31.2. The Morgan fingerprint density at radius 1 is 0.135 bits per heavy atom. The summed E-state index contributed by atoms with van der Waals surface area (Å²) in [5, 5.41) is 15.4. The number of rotatable bonds is 9. The highest BCUT2D eigenvalue weighted by Crippen LogP contribution is 2.57. The number of hydrogen-bond donors (Lipinski definition) is 0. The highest BCUT2D eigenvalue weighted by Gasteiger charge is 2.41. The molecule has 27 aromatic rings. The average molecular weight is 1800 g/mol. The van der Waals surface area contributed by atoms with Crippen molar-refractivity contribution >= 4 is 131 Å². The van der Waals surface area contributed by atoms with Crippen LogP contribution in [0.5, 0.6) is 0 Å². The van der Waals surface area contributed by atoms with Crippen LogP contribution in [0.25, 0.3) is 232 Å². The van der Waals surface area contributed by atoms with Gasteiger partial charge in [-0.1, -0.05) is 321 Å². The van der Waals surface area contributed by atoms with Crippen molar-refractivity contribution in [3.63, 3.8) is 0 Å². The van der Waals surface area contributed by atoms with E-state index in [9.17, 15) is 0 Å². The van der Waals surface area contributed by atoms with Gasteiger partial charge in [0, 0.05) is 115 Å². The van der Waals surface area contributed by atoms with E-state index < -0.39 is 0 Å². The highest BCUT2D eigenvalue weighted by atomic mass is 15.0. The molecule has 6 heterocycles. The maximum absolute atomic E-state index is 2.48. The molecule has 666 valence electrons. The number of nitrogens with zero attached hydrogens (tertiary/aromatic N) is 6. The largest absolute Gasteiger partial charge is 0.309 e. The SMILES string of the molecule is CC1(C)c2ccccc2-c2c1ccc1c2c2cc(-c3ccc4c(c3)c3ccccc3n4-c3ccccc3)ccc2n1-c1ccccc1.CC1(C)c2ccccc2-c2cc3c(cc21)c1cc(-c2ccc4c(c2)c2ccccc2n4-c2ccccc2)ccc1n3-c1ccccc1.CC1(C)c2ccccc2-c2cc3c4cc(-c5ccc6c(c5)c5ccccc5n6-c5ccccc5)ccc4n(-c4ccccc4)c3cc21. The van der Waals surface area contributed by atoms with Crippen molar-refractivity contribution in [2.45, 2.75) is 57.8 Å². The minimum absolute atomic E-state index is 0.0579. The zero-order chi connectivity index (χ0) is 93.8. The van der Waals surface area contributed by atoms with Gasteiger partial charge in [0.1, 0.15) is 0 Å². The molecule has 3 aliphatic carbocycles. The quantitative estimate of drug-likeness (QED) is 0.138. The van der Waals surface area contributed by atoms with E-state index in [1.54, 1.807) is 0 Å². The van der Waals surface area contributed by atoms with Crippen LogP contribution in [0.2, 0.25) is 0 Å². The third-order valence-corrected chi connectivity index (χ3v) is 31.5. The van der Waals surface area contributed by atoms with Gasteiger partial charge in [0.15, 0.2) is 0 Å². The topological polar surface area (TPSA) is 29.6 Å². The Morgan fingerprint density at radius 3 is 0.738 bits per heavy atom. The van der Waals surface area contributed by atoms with Gasteiger partial charge in [0.05, 0.1) is 66.2 Å². The lowest BCUT2D eigenvalue weighted by molar-refractivity contribution is 0.660. The van der Waals surface area contributed by atoms with Gasteiger partial charge in [0.2, 0.25) is 0 Å². The summed E-state index contributed by atoms with van der Waals surface area (Å²) >= 11 is 0. The van der Waals surface area contributed by atoms with Crippen molar-refractivity contribution in [3.8, 4) is 101 Å². The van der Waals surface area contributed by atoms with Crippen molar-refractivity contribution in [3.05, 3.63) is 507 Å². The van der Waals surface area contributed by atoms with E-state index in [0.717, 1.165) is 0 Å². The Hall–Kier alpha value is -17.6. The zero-order valence-corrected chi connectivity index (χ0v) is 79.2. The number of fused-ring (bicyclic) bond motifs is 28. The standard InChI is InChI=1S/3C45H32N2/c1-45(2)37-19-11-9-18-34(37)43-38(45)23-26-42-44(43)36-28-30(22-25-41(36)47(42)32-15-7-4-8-16-32)29-21-24-40-35(27-29)33-17-10-12-20-39(33)46(40)31-13-5-3-6-14-31;1-45(2)39-19-11-9-17-33(39)35-28-44-38(27-40(35)45)37-26-30(22-24-43(37)47(44)32-15-7-4-8-16-32)29-21-23-42-36(25-29)34-18-10-12-20-41(34)46(42)31-13-5-3-6-14-31;1-45(2)39-19-11-9-17-33(39)35-27-38-37-26-30(22-24-43(37)47(44(38)28-40(35)45)32-15-7-4-8-16-32)29-21-23-42-36(25-29)34-18-10-12-20-41(34)46(42)31-13-5-3-6-14-31/h3*3-28H,1-2H3. The molecule has 6 nitrogen and oxygen atoms in total. The fourth-order valence-corrected chi connectivity index (χ4v) is 24.9. The molecule has 0 N–H and O–H groups in total. The molecule has 141 heavy (non-hydrogen) atoms. The summed E-state index contributed by atoms with van der Waals surface area (Å²) in [6.45, 7) is 14.2. The Balaban J connectivity index is 0.000000104. The zero-order valence-electron chi connectivity index (χ0n) is 79.2. The third-order valence-electron chi connectivity index (χ3n) is 31.5. The normalized spacial score (nSPS) is 13.5. The molecule has 0 fully saturated rings. The van der Waals surface area contributed by atoms with E-state index in [0.29, 0.717) is 0 Å². The van der Waals surface area contributed by atoms with Gasteiger partial charge in [-0.05, 0) is 294 Å². The third kappa shape index (κ3) is 12.3. The van der Waals surface area contributed by atoms with Crippen molar-refractivity contribution in [2.75, 3.05) is 0 Å². The van der Waals surface area contributed by atoms with E-state index in [1.807, 2.05) is 0 Å². The molecule has 0 unspecified atom stereocenters. The lowest BCUT2D eigenvalue weighted by atomic mass is 9.82. The molecule has 21 aromatic carbocycles. The fourth-order valence-electron chi connectivity index (χ4n) is 24.9. The van der Waals surface area contributed by atoms with Crippen LogP contribution in [0.4, 0.5) is 0 Å². The molecule has 0 saturated carbocycles. The number of aromatic nitrogens is 6. The lowest BCUT2D eigenvalue weighted by Gasteiger charge is -2.21. The van der Waals surface area contributed by atoms with Crippen LogP contribution in [-0.2, 0) is 16.2 Å². The molecule has 0 saturated heterocycles. The summed E-state index contributed by atoms with van der Waals surface area (Å²) in [5.41, 5.74) is 45.6. The number of benzene rings is 21. The molecule has 0 bridgehead atoms. The second-order valence-corrected chi connectivity index (χ2v) is 40.2. The lowest BCUT2D eigenvalue weighted by Crippen LogP contribution is -2.14. The summed E-state index contributed by atoms with van der Waals surface area (Å²) in [6, 6.07) is 174. The number of hydrogen-bond acceptors (Lipinski definition) is 0. The Bertz CT molecular complexity index is 9810. The summed E-state index contributed by atoms with van der Waals surface area (Å²) in [6.07, 6.45) is 0. The van der Waals surface area contributed by atoms with E-state index >= 15 is 0 Å². The van der Waals surface area contributed by atoms with E-state index in [1.165, 1.54) is 265 Å². The molecule has 6 heteroatoms. The Morgan fingerprint density at radius 2 is 0.369 bits per heavy atom. The van der Waals surface area contributed by atoms with Crippen molar-refractivity contribution < 1.29 is 0 Å².